The third-order valence-electron chi connectivity index (χ3n) is 2.41. The van der Waals surface area contributed by atoms with Crippen LogP contribution in [-0.2, 0) is 16.3 Å². The molecule has 23 heavy (non-hydrogen) atoms. The smallest absolute Gasteiger partial charge is 1.00 e. The first kappa shape index (κ1) is 22.3. The molecular formula is C13H7Cl2F3MgO3S. The Labute approximate surface area is 158 Å². The van der Waals surface area contributed by atoms with Crippen molar-refractivity contribution < 1.29 is 38.2 Å². The molecule has 0 heterocycles. The van der Waals surface area contributed by atoms with Crippen LogP contribution in [0.2, 0.25) is 5.02 Å². The fraction of sp³-hybridized carbons (Fsp3) is 0.0769. The maximum absolute atomic E-state index is 12.4. The van der Waals surface area contributed by atoms with E-state index in [-0.39, 0.29) is 46.1 Å². The zero-order valence-corrected chi connectivity index (χ0v) is 15.0. The Hall–Kier alpha value is -0.674. The zero-order valence-electron chi connectivity index (χ0n) is 11.3. The monoisotopic (exact) mass is 394 g/mol. The normalized spacial score (nSPS) is 11.1. The molecule has 120 valence electrons. The van der Waals surface area contributed by atoms with E-state index in [4.69, 9.17) is 15.8 Å². The molecule has 0 atom stereocenters. The summed E-state index contributed by atoms with van der Waals surface area (Å²) in [6.45, 7) is 0. The van der Waals surface area contributed by atoms with E-state index in [1.807, 2.05) is 0 Å². The maximum atomic E-state index is 12.4. The number of rotatable bonds is 3. The van der Waals surface area contributed by atoms with Crippen molar-refractivity contribution in [3.05, 3.63) is 59.1 Å². The summed E-state index contributed by atoms with van der Waals surface area (Å²) >= 11 is 5.63. The fourth-order valence-electron chi connectivity index (χ4n) is 1.41. The molecule has 0 aliphatic heterocycles. The summed E-state index contributed by atoms with van der Waals surface area (Å²) < 4.78 is 65.6. The van der Waals surface area contributed by atoms with E-state index >= 15 is 0 Å². The molecule has 0 spiro atoms. The van der Waals surface area contributed by atoms with Gasteiger partial charge < -0.3 is 16.6 Å². The quantitative estimate of drug-likeness (QED) is 0.433. The van der Waals surface area contributed by atoms with E-state index in [0.29, 0.717) is 17.2 Å². The van der Waals surface area contributed by atoms with Crippen LogP contribution in [0.5, 0.6) is 5.75 Å². The first-order valence-corrected chi connectivity index (χ1v) is 7.26. The van der Waals surface area contributed by atoms with Crippen LogP contribution in [0.3, 0.4) is 0 Å². The number of hydrogen-bond donors (Lipinski definition) is 0. The summed E-state index contributed by atoms with van der Waals surface area (Å²) in [6.07, 6.45) is -4.52. The van der Waals surface area contributed by atoms with Crippen LogP contribution in [0.25, 0.3) is 0 Å². The van der Waals surface area contributed by atoms with Crippen LogP contribution in [0.15, 0.2) is 47.4 Å². The molecule has 2 rings (SSSR count). The Balaban J connectivity index is 0.00000242. The van der Waals surface area contributed by atoms with Crippen molar-refractivity contribution in [3.63, 3.8) is 0 Å². The molecule has 2 aromatic rings. The molecule has 2 aromatic carbocycles. The average Bonchev–Trinajstić information content (AvgIpc) is 2.38. The van der Waals surface area contributed by atoms with Crippen LogP contribution in [0, 0.1) is 6.07 Å². The van der Waals surface area contributed by atoms with Gasteiger partial charge in [-0.15, -0.1) is 12.1 Å². The van der Waals surface area contributed by atoms with Crippen LogP contribution in [-0.4, -0.2) is 31.5 Å². The third-order valence-corrected chi connectivity index (χ3v) is 3.91. The summed E-state index contributed by atoms with van der Waals surface area (Å²) in [5.41, 5.74) is -0.946. The SMILES string of the molecule is O=S(=O)(Oc1[c-]cc(C(F)(F)F)cc1)c1ccc(Cl)cc1.[Cl-].[Mg+2]. The number of benzene rings is 2. The second-order valence-electron chi connectivity index (χ2n) is 3.93. The summed E-state index contributed by atoms with van der Waals surface area (Å²) in [7, 11) is -4.15. The Bertz CT molecular complexity index is 733. The summed E-state index contributed by atoms with van der Waals surface area (Å²) in [5, 5.41) is 0.343. The molecule has 10 heteroatoms. The average molecular weight is 395 g/mol. The van der Waals surface area contributed by atoms with Crippen LogP contribution >= 0.6 is 11.6 Å². The molecule has 0 aliphatic rings. The molecule has 0 radical (unpaired) electrons. The molecule has 0 N–H and O–H groups in total. The van der Waals surface area contributed by atoms with Gasteiger partial charge in [0, 0.05) is 10.8 Å². The molecule has 0 aromatic heterocycles. The number of alkyl halides is 3. The molecule has 0 fully saturated rings. The van der Waals surface area contributed by atoms with Crippen molar-refractivity contribution in [2.75, 3.05) is 0 Å². The predicted molar refractivity (Wildman–Crippen MR) is 75.3 cm³/mol. The van der Waals surface area contributed by atoms with Gasteiger partial charge >= 0.3 is 39.3 Å². The van der Waals surface area contributed by atoms with E-state index in [9.17, 15) is 21.6 Å². The summed E-state index contributed by atoms with van der Waals surface area (Å²) in [6, 6.07) is 9.51. The van der Waals surface area contributed by atoms with Gasteiger partial charge in [-0.05, 0) is 24.3 Å². The van der Waals surface area contributed by atoms with Crippen LogP contribution in [0.1, 0.15) is 5.56 Å². The van der Waals surface area contributed by atoms with Gasteiger partial charge in [0.15, 0.2) is 0 Å². The van der Waals surface area contributed by atoms with E-state index in [2.05, 4.69) is 6.07 Å². The Morgan fingerprint density at radius 2 is 1.61 bits per heavy atom. The topological polar surface area (TPSA) is 43.4 Å². The number of halogens is 5. The van der Waals surface area contributed by atoms with Gasteiger partial charge in [0.1, 0.15) is 4.90 Å². The second-order valence-corrected chi connectivity index (χ2v) is 5.91. The minimum atomic E-state index is -4.52. The molecule has 0 amide bonds. The van der Waals surface area contributed by atoms with Crippen molar-refractivity contribution in [2.45, 2.75) is 11.1 Å². The van der Waals surface area contributed by atoms with Gasteiger partial charge in [-0.3, -0.25) is 0 Å². The van der Waals surface area contributed by atoms with E-state index in [0.717, 1.165) is 6.07 Å². The van der Waals surface area contributed by atoms with Crippen molar-refractivity contribution in [3.8, 4) is 5.75 Å². The largest absolute Gasteiger partial charge is 2.00 e. The summed E-state index contributed by atoms with van der Waals surface area (Å²) in [5.74, 6) is -0.335. The van der Waals surface area contributed by atoms with E-state index in [1.165, 1.54) is 24.3 Å². The fourth-order valence-corrected chi connectivity index (χ4v) is 2.44. The second kappa shape index (κ2) is 8.43. The van der Waals surface area contributed by atoms with Gasteiger partial charge in [0.05, 0.1) is 0 Å². The predicted octanol–water partition coefficient (Wildman–Crippen LogP) is 0.550. The Kier molecular flexibility index (Phi) is 8.18. The molecule has 3 nitrogen and oxygen atoms in total. The van der Waals surface area contributed by atoms with Gasteiger partial charge in [-0.25, -0.2) is 0 Å². The third kappa shape index (κ3) is 6.04. The minimum Gasteiger partial charge on any atom is -1.00 e. The standard InChI is InChI=1S/C13H7ClF3O3S.ClH.Mg/c14-10-3-7-12(8-4-10)21(18,19)20-11-5-1-9(2-6-11)13(15,16)17;;/h1-5,7-8H;1H;/q-1;;+2/p-1. The maximum Gasteiger partial charge on any atom is 2.00 e. The van der Waals surface area contributed by atoms with Crippen LogP contribution < -0.4 is 16.6 Å². The first-order valence-electron chi connectivity index (χ1n) is 5.47. The molecule has 0 aliphatic carbocycles. The van der Waals surface area contributed by atoms with Gasteiger partial charge in [-0.2, -0.15) is 33.7 Å². The van der Waals surface area contributed by atoms with Gasteiger partial charge in [-0.1, -0.05) is 17.2 Å². The first-order chi connectivity index (χ1) is 9.68. The van der Waals surface area contributed by atoms with Crippen molar-refractivity contribution in [2.24, 2.45) is 0 Å². The molecule has 0 bridgehead atoms. The molecule has 0 unspecified atom stereocenters. The molecule has 0 saturated carbocycles. The zero-order chi connectivity index (χ0) is 15.7. The van der Waals surface area contributed by atoms with Gasteiger partial charge in [0.25, 0.3) is 0 Å². The summed E-state index contributed by atoms with van der Waals surface area (Å²) in [4.78, 5) is -0.166. The molecule has 0 saturated heterocycles. The van der Waals surface area contributed by atoms with E-state index in [1.54, 1.807) is 0 Å². The van der Waals surface area contributed by atoms with Crippen molar-refractivity contribution in [1.82, 2.24) is 0 Å². The Morgan fingerprint density at radius 1 is 1.04 bits per heavy atom. The van der Waals surface area contributed by atoms with Crippen LogP contribution in [0.4, 0.5) is 13.2 Å². The van der Waals surface area contributed by atoms with E-state index < -0.39 is 21.9 Å². The van der Waals surface area contributed by atoms with Crippen molar-refractivity contribution >= 4 is 44.8 Å². The number of hydrogen-bond acceptors (Lipinski definition) is 3. The Morgan fingerprint density at radius 3 is 2.04 bits per heavy atom. The molecular weight excluding hydrogens is 388 g/mol. The van der Waals surface area contributed by atoms with Gasteiger partial charge in [0.2, 0.25) is 0 Å². The minimum absolute atomic E-state index is 0. The van der Waals surface area contributed by atoms with Crippen molar-refractivity contribution in [1.29, 1.82) is 0 Å².